The first-order chi connectivity index (χ1) is 9.43. The fraction of sp³-hybridized carbons (Fsp3) is 0.167. The van der Waals surface area contributed by atoms with E-state index in [0.717, 1.165) is 19.3 Å². The second kappa shape index (κ2) is 6.88. The highest BCUT2D eigenvalue weighted by Gasteiger charge is 2.16. The molecule has 0 amide bonds. The lowest BCUT2D eigenvalue weighted by Gasteiger charge is -2.06. The van der Waals surface area contributed by atoms with E-state index in [1.807, 2.05) is 0 Å². The van der Waals surface area contributed by atoms with Gasteiger partial charge in [-0.15, -0.1) is 0 Å². The van der Waals surface area contributed by atoms with Gasteiger partial charge < -0.3 is 14.6 Å². The Labute approximate surface area is 113 Å². The van der Waals surface area contributed by atoms with Gasteiger partial charge in [0.15, 0.2) is 12.4 Å². The Kier molecular flexibility index (Phi) is 5.21. The number of nitro benzene ring substituents is 1. The molecule has 1 rings (SSSR count). The maximum absolute atomic E-state index is 11.0. The van der Waals surface area contributed by atoms with Crippen LogP contribution in [0.4, 0.5) is 5.69 Å². The highest BCUT2D eigenvalue weighted by Crippen LogP contribution is 2.28. The number of esters is 1. The van der Waals surface area contributed by atoms with Crippen LogP contribution in [0.1, 0.15) is 5.56 Å². The molecular weight excluding hydrogens is 270 g/mol. The fourth-order valence-corrected chi connectivity index (χ4v) is 1.26. The number of nitrogens with zero attached hydrogens (tertiary/aromatic N) is 1. The van der Waals surface area contributed by atoms with E-state index in [9.17, 15) is 19.7 Å². The summed E-state index contributed by atoms with van der Waals surface area (Å²) >= 11 is 0. The zero-order valence-electron chi connectivity index (χ0n) is 10.4. The van der Waals surface area contributed by atoms with Gasteiger partial charge in [-0.25, -0.2) is 9.59 Å². The van der Waals surface area contributed by atoms with E-state index in [1.54, 1.807) is 0 Å². The Hall–Kier alpha value is -2.90. The summed E-state index contributed by atoms with van der Waals surface area (Å²) < 4.78 is 9.36. The van der Waals surface area contributed by atoms with Crippen LogP contribution in [-0.2, 0) is 14.3 Å². The topological polar surface area (TPSA) is 116 Å². The minimum Gasteiger partial charge on any atom is -0.478 e. The van der Waals surface area contributed by atoms with Crippen molar-refractivity contribution in [3.05, 3.63) is 40.0 Å². The molecule has 8 nitrogen and oxygen atoms in total. The maximum atomic E-state index is 11.0. The summed E-state index contributed by atoms with van der Waals surface area (Å²) in [5.74, 6) is -1.99. The molecule has 0 spiro atoms. The van der Waals surface area contributed by atoms with Gasteiger partial charge in [0.05, 0.1) is 12.0 Å². The number of hydrogen-bond donors (Lipinski definition) is 1. The van der Waals surface area contributed by atoms with Crippen molar-refractivity contribution in [3.63, 3.8) is 0 Å². The first-order valence-electron chi connectivity index (χ1n) is 5.33. The summed E-state index contributed by atoms with van der Waals surface area (Å²) in [5, 5.41) is 19.3. The number of benzene rings is 1. The standard InChI is InChI=1S/C12H11NO7/c1-19-12(16)7-20-10-6-8(3-5-11(14)15)2-4-9(10)13(17)18/h2-6H,7H2,1H3,(H,14,15). The molecular formula is C12H11NO7. The lowest BCUT2D eigenvalue weighted by molar-refractivity contribution is -0.385. The second-order valence-corrected chi connectivity index (χ2v) is 3.52. The molecule has 1 aromatic rings. The van der Waals surface area contributed by atoms with Crippen molar-refractivity contribution in [2.24, 2.45) is 0 Å². The molecule has 106 valence electrons. The summed E-state index contributed by atoms with van der Waals surface area (Å²) in [6.07, 6.45) is 2.13. The van der Waals surface area contributed by atoms with Gasteiger partial charge in [-0.1, -0.05) is 0 Å². The van der Waals surface area contributed by atoms with Gasteiger partial charge in [0.1, 0.15) is 0 Å². The molecule has 0 unspecified atom stereocenters. The van der Waals surface area contributed by atoms with Crippen LogP contribution in [0, 0.1) is 10.1 Å². The molecule has 0 fully saturated rings. The molecule has 0 aromatic heterocycles. The van der Waals surface area contributed by atoms with Gasteiger partial charge in [-0.2, -0.15) is 0 Å². The molecule has 0 aliphatic carbocycles. The van der Waals surface area contributed by atoms with Crippen LogP contribution in [0.25, 0.3) is 6.08 Å². The number of carboxylic acid groups (broad SMARTS) is 1. The SMILES string of the molecule is COC(=O)COc1cc(C=CC(=O)O)ccc1[N+](=O)[O-]. The van der Waals surface area contributed by atoms with Crippen LogP contribution in [0.15, 0.2) is 24.3 Å². The van der Waals surface area contributed by atoms with E-state index >= 15 is 0 Å². The lowest BCUT2D eigenvalue weighted by Crippen LogP contribution is -2.13. The molecule has 0 atom stereocenters. The summed E-state index contributed by atoms with van der Waals surface area (Å²) in [6.45, 7) is -0.483. The number of carboxylic acids is 1. The third-order valence-electron chi connectivity index (χ3n) is 2.17. The van der Waals surface area contributed by atoms with Crippen molar-refractivity contribution in [2.45, 2.75) is 0 Å². The number of nitro groups is 1. The molecule has 0 saturated heterocycles. The van der Waals surface area contributed by atoms with Crippen molar-refractivity contribution in [2.75, 3.05) is 13.7 Å². The molecule has 0 bridgehead atoms. The fourth-order valence-electron chi connectivity index (χ4n) is 1.26. The van der Waals surface area contributed by atoms with Gasteiger partial charge in [0.25, 0.3) is 0 Å². The largest absolute Gasteiger partial charge is 0.478 e. The lowest BCUT2D eigenvalue weighted by atomic mass is 10.2. The Morgan fingerprint density at radius 2 is 2.15 bits per heavy atom. The normalized spacial score (nSPS) is 10.2. The smallest absolute Gasteiger partial charge is 0.343 e. The van der Waals surface area contributed by atoms with E-state index < -0.39 is 23.5 Å². The van der Waals surface area contributed by atoms with Crippen LogP contribution < -0.4 is 4.74 Å². The highest BCUT2D eigenvalue weighted by molar-refractivity contribution is 5.85. The molecule has 8 heteroatoms. The number of aliphatic carboxylic acids is 1. The minimum absolute atomic E-state index is 0.145. The van der Waals surface area contributed by atoms with E-state index in [4.69, 9.17) is 9.84 Å². The van der Waals surface area contributed by atoms with Crippen molar-refractivity contribution >= 4 is 23.7 Å². The molecule has 1 N–H and O–H groups in total. The summed E-state index contributed by atoms with van der Waals surface area (Å²) in [4.78, 5) is 31.5. The van der Waals surface area contributed by atoms with Crippen LogP contribution in [0.2, 0.25) is 0 Å². The quantitative estimate of drug-likeness (QED) is 0.361. The predicted molar refractivity (Wildman–Crippen MR) is 67.3 cm³/mol. The second-order valence-electron chi connectivity index (χ2n) is 3.52. The zero-order chi connectivity index (χ0) is 15.1. The molecule has 0 saturated carbocycles. The van der Waals surface area contributed by atoms with E-state index in [2.05, 4.69) is 4.74 Å². The number of ether oxygens (including phenoxy) is 2. The van der Waals surface area contributed by atoms with Crippen LogP contribution >= 0.6 is 0 Å². The first-order valence-corrected chi connectivity index (χ1v) is 5.33. The Bertz CT molecular complexity index is 565. The summed E-state index contributed by atoms with van der Waals surface area (Å²) in [5.41, 5.74) is 0.0549. The van der Waals surface area contributed by atoms with Crippen molar-refractivity contribution < 1.29 is 29.1 Å². The minimum atomic E-state index is -1.15. The molecule has 1 aromatic carbocycles. The third kappa shape index (κ3) is 4.41. The zero-order valence-corrected chi connectivity index (χ0v) is 10.4. The van der Waals surface area contributed by atoms with Gasteiger partial charge in [0, 0.05) is 12.1 Å². The Morgan fingerprint density at radius 3 is 2.70 bits per heavy atom. The van der Waals surface area contributed by atoms with Crippen LogP contribution in [-0.4, -0.2) is 35.7 Å². The van der Waals surface area contributed by atoms with Crippen molar-refractivity contribution in [1.82, 2.24) is 0 Å². The van der Waals surface area contributed by atoms with E-state index in [-0.39, 0.29) is 11.4 Å². The predicted octanol–water partition coefficient (Wildman–Crippen LogP) is 1.24. The van der Waals surface area contributed by atoms with Gasteiger partial charge >= 0.3 is 17.6 Å². The van der Waals surface area contributed by atoms with Gasteiger partial charge in [0.2, 0.25) is 0 Å². The molecule has 0 radical (unpaired) electrons. The number of carbonyl (C=O) groups excluding carboxylic acids is 1. The van der Waals surface area contributed by atoms with Crippen LogP contribution in [0.3, 0.4) is 0 Å². The average Bonchev–Trinajstić information content (AvgIpc) is 2.42. The van der Waals surface area contributed by atoms with Gasteiger partial charge in [-0.3, -0.25) is 10.1 Å². The average molecular weight is 281 g/mol. The molecule has 0 aliphatic heterocycles. The summed E-state index contributed by atoms with van der Waals surface area (Å²) in [7, 11) is 1.16. The molecule has 0 heterocycles. The number of rotatable bonds is 6. The maximum Gasteiger partial charge on any atom is 0.343 e. The third-order valence-corrected chi connectivity index (χ3v) is 2.17. The number of hydrogen-bond acceptors (Lipinski definition) is 6. The van der Waals surface area contributed by atoms with Crippen molar-refractivity contribution in [1.29, 1.82) is 0 Å². The van der Waals surface area contributed by atoms with E-state index in [0.29, 0.717) is 5.56 Å². The molecule has 20 heavy (non-hydrogen) atoms. The van der Waals surface area contributed by atoms with Crippen molar-refractivity contribution in [3.8, 4) is 5.75 Å². The monoisotopic (exact) mass is 281 g/mol. The highest BCUT2D eigenvalue weighted by atomic mass is 16.6. The Morgan fingerprint density at radius 1 is 1.45 bits per heavy atom. The number of methoxy groups -OCH3 is 1. The number of carbonyl (C=O) groups is 2. The Balaban J connectivity index is 3.02. The molecule has 0 aliphatic rings. The summed E-state index contributed by atoms with van der Waals surface area (Å²) in [6, 6.07) is 3.79. The van der Waals surface area contributed by atoms with Crippen LogP contribution in [0.5, 0.6) is 5.75 Å². The van der Waals surface area contributed by atoms with E-state index in [1.165, 1.54) is 18.2 Å². The first kappa shape index (κ1) is 15.2. The van der Waals surface area contributed by atoms with Gasteiger partial charge in [-0.05, 0) is 23.8 Å².